The van der Waals surface area contributed by atoms with Crippen LogP contribution in [-0.4, -0.2) is 28.4 Å². The normalized spacial score (nSPS) is 19.5. The number of halogens is 2. The van der Waals surface area contributed by atoms with Gasteiger partial charge in [-0.3, -0.25) is 14.4 Å². The standard InChI is InChI=1S/C17H20Cl2N2O4/c18-12-2-1-11(9-13(12)19)10-20-14(22)3-6-17(8-5-16(24)25)7-4-15(23)21-17/h1-2,9H,3-8,10H2,(H,20,22)(H,21,23)(H,24,25). The topological polar surface area (TPSA) is 95.5 Å². The number of carbonyl (C=O) groups is 3. The minimum Gasteiger partial charge on any atom is -0.481 e. The molecule has 0 saturated carbocycles. The zero-order valence-electron chi connectivity index (χ0n) is 13.6. The number of carboxylic acids is 1. The zero-order chi connectivity index (χ0) is 18.4. The van der Waals surface area contributed by atoms with E-state index in [1.807, 2.05) is 0 Å². The molecule has 1 aromatic carbocycles. The first-order valence-corrected chi connectivity index (χ1v) is 8.79. The highest BCUT2D eigenvalue weighted by Crippen LogP contribution is 2.30. The van der Waals surface area contributed by atoms with Gasteiger partial charge in [-0.15, -0.1) is 0 Å². The Balaban J connectivity index is 1.85. The van der Waals surface area contributed by atoms with Gasteiger partial charge in [-0.2, -0.15) is 0 Å². The van der Waals surface area contributed by atoms with Crippen molar-refractivity contribution in [3.63, 3.8) is 0 Å². The van der Waals surface area contributed by atoms with Crippen molar-refractivity contribution in [3.8, 4) is 0 Å². The molecule has 1 fully saturated rings. The van der Waals surface area contributed by atoms with Crippen molar-refractivity contribution in [1.82, 2.24) is 10.6 Å². The molecule has 1 aliphatic heterocycles. The summed E-state index contributed by atoms with van der Waals surface area (Å²) in [6, 6.07) is 5.14. The second-order valence-electron chi connectivity index (χ2n) is 6.25. The maximum atomic E-state index is 12.1. The van der Waals surface area contributed by atoms with E-state index in [0.717, 1.165) is 5.56 Å². The molecule has 8 heteroatoms. The van der Waals surface area contributed by atoms with Gasteiger partial charge in [0.05, 0.1) is 10.0 Å². The summed E-state index contributed by atoms with van der Waals surface area (Å²) < 4.78 is 0. The van der Waals surface area contributed by atoms with Crippen molar-refractivity contribution in [2.24, 2.45) is 0 Å². The highest BCUT2D eigenvalue weighted by atomic mass is 35.5. The molecule has 136 valence electrons. The van der Waals surface area contributed by atoms with Crippen molar-refractivity contribution >= 4 is 41.0 Å². The van der Waals surface area contributed by atoms with E-state index in [4.69, 9.17) is 28.3 Å². The molecule has 6 nitrogen and oxygen atoms in total. The summed E-state index contributed by atoms with van der Waals surface area (Å²) in [4.78, 5) is 34.4. The predicted molar refractivity (Wildman–Crippen MR) is 94.5 cm³/mol. The largest absolute Gasteiger partial charge is 0.481 e. The fraction of sp³-hybridized carbons (Fsp3) is 0.471. The lowest BCUT2D eigenvalue weighted by molar-refractivity contribution is -0.137. The van der Waals surface area contributed by atoms with Crippen LogP contribution in [0.3, 0.4) is 0 Å². The predicted octanol–water partition coefficient (Wildman–Crippen LogP) is 2.90. The molecular weight excluding hydrogens is 367 g/mol. The van der Waals surface area contributed by atoms with Gasteiger partial charge >= 0.3 is 5.97 Å². The highest BCUT2D eigenvalue weighted by molar-refractivity contribution is 6.42. The third-order valence-corrected chi connectivity index (χ3v) is 5.10. The van der Waals surface area contributed by atoms with Gasteiger partial charge in [-0.1, -0.05) is 29.3 Å². The molecule has 2 rings (SSSR count). The third kappa shape index (κ3) is 5.90. The molecule has 0 aromatic heterocycles. The fourth-order valence-corrected chi connectivity index (χ4v) is 3.23. The molecule has 25 heavy (non-hydrogen) atoms. The molecule has 2 amide bonds. The maximum Gasteiger partial charge on any atom is 0.303 e. The van der Waals surface area contributed by atoms with Gasteiger partial charge in [0.2, 0.25) is 11.8 Å². The lowest BCUT2D eigenvalue weighted by Gasteiger charge is -2.28. The van der Waals surface area contributed by atoms with E-state index in [-0.39, 0.29) is 24.7 Å². The Hall–Kier alpha value is -1.79. The number of hydrogen-bond donors (Lipinski definition) is 3. The Morgan fingerprint density at radius 1 is 1.20 bits per heavy atom. The SMILES string of the molecule is O=C(O)CCC1(CCC(=O)NCc2ccc(Cl)c(Cl)c2)CCC(=O)N1. The second kappa shape index (κ2) is 8.54. The monoisotopic (exact) mass is 386 g/mol. The Bertz CT molecular complexity index is 681. The van der Waals surface area contributed by atoms with Crippen molar-refractivity contribution < 1.29 is 19.5 Å². The van der Waals surface area contributed by atoms with Gasteiger partial charge in [-0.25, -0.2) is 0 Å². The minimum absolute atomic E-state index is 0.0365. The van der Waals surface area contributed by atoms with E-state index >= 15 is 0 Å². The summed E-state index contributed by atoms with van der Waals surface area (Å²) in [5.74, 6) is -1.17. The first-order valence-electron chi connectivity index (χ1n) is 8.03. The van der Waals surface area contributed by atoms with E-state index in [0.29, 0.717) is 42.3 Å². The van der Waals surface area contributed by atoms with Crippen LogP contribution in [0.2, 0.25) is 10.0 Å². The molecule has 0 radical (unpaired) electrons. The van der Waals surface area contributed by atoms with Crippen LogP contribution in [0.1, 0.15) is 44.1 Å². The molecule has 1 heterocycles. The second-order valence-corrected chi connectivity index (χ2v) is 7.06. The van der Waals surface area contributed by atoms with E-state index in [1.54, 1.807) is 18.2 Å². The number of nitrogens with one attached hydrogen (secondary N) is 2. The van der Waals surface area contributed by atoms with Crippen LogP contribution in [-0.2, 0) is 20.9 Å². The summed E-state index contributed by atoms with van der Waals surface area (Å²) >= 11 is 11.8. The number of rotatable bonds is 8. The first-order chi connectivity index (χ1) is 11.8. The van der Waals surface area contributed by atoms with Gasteiger partial charge in [0, 0.05) is 31.3 Å². The Morgan fingerprint density at radius 3 is 2.52 bits per heavy atom. The molecule has 1 aromatic rings. The van der Waals surface area contributed by atoms with Gasteiger partial charge in [0.1, 0.15) is 0 Å². The minimum atomic E-state index is -0.912. The zero-order valence-corrected chi connectivity index (χ0v) is 15.1. The number of aliphatic carboxylic acids is 1. The van der Waals surface area contributed by atoms with Crippen LogP contribution in [0.25, 0.3) is 0 Å². The van der Waals surface area contributed by atoms with Crippen LogP contribution >= 0.6 is 23.2 Å². The number of benzene rings is 1. The number of carboxylic acid groups (broad SMARTS) is 1. The van der Waals surface area contributed by atoms with E-state index < -0.39 is 11.5 Å². The molecule has 3 N–H and O–H groups in total. The molecule has 1 unspecified atom stereocenters. The molecule has 0 spiro atoms. The molecule has 0 aliphatic carbocycles. The Labute approximate surface area is 155 Å². The summed E-state index contributed by atoms with van der Waals surface area (Å²) in [5, 5.41) is 15.4. The van der Waals surface area contributed by atoms with Gasteiger partial charge in [0.25, 0.3) is 0 Å². The lowest BCUT2D eigenvalue weighted by Crippen LogP contribution is -2.43. The number of hydrogen-bond acceptors (Lipinski definition) is 3. The average Bonchev–Trinajstić information content (AvgIpc) is 2.94. The van der Waals surface area contributed by atoms with E-state index in [2.05, 4.69) is 10.6 Å². The summed E-state index contributed by atoms with van der Waals surface area (Å²) in [6.45, 7) is 0.324. The fourth-order valence-electron chi connectivity index (χ4n) is 2.91. The number of carbonyl (C=O) groups excluding carboxylic acids is 2. The highest BCUT2D eigenvalue weighted by Gasteiger charge is 2.37. The third-order valence-electron chi connectivity index (χ3n) is 4.36. The summed E-state index contributed by atoms with van der Waals surface area (Å²) in [6.07, 6.45) is 1.84. The van der Waals surface area contributed by atoms with Crippen LogP contribution in [0.15, 0.2) is 18.2 Å². The van der Waals surface area contributed by atoms with E-state index in [1.165, 1.54) is 0 Å². The van der Waals surface area contributed by atoms with Crippen LogP contribution in [0, 0.1) is 0 Å². The van der Waals surface area contributed by atoms with Crippen LogP contribution in [0.4, 0.5) is 0 Å². The van der Waals surface area contributed by atoms with Gasteiger partial charge in [-0.05, 0) is 37.0 Å². The maximum absolute atomic E-state index is 12.1. The summed E-state index contributed by atoms with van der Waals surface area (Å²) in [5.41, 5.74) is 0.230. The molecular formula is C17H20Cl2N2O4. The van der Waals surface area contributed by atoms with Crippen molar-refractivity contribution in [3.05, 3.63) is 33.8 Å². The molecule has 0 bridgehead atoms. The van der Waals surface area contributed by atoms with Crippen molar-refractivity contribution in [1.29, 1.82) is 0 Å². The quantitative estimate of drug-likeness (QED) is 0.639. The van der Waals surface area contributed by atoms with E-state index in [9.17, 15) is 14.4 Å². The van der Waals surface area contributed by atoms with Gasteiger partial charge < -0.3 is 15.7 Å². The number of amides is 2. The first kappa shape index (κ1) is 19.5. The molecule has 1 saturated heterocycles. The Kier molecular flexibility index (Phi) is 6.67. The average molecular weight is 387 g/mol. The lowest BCUT2D eigenvalue weighted by atomic mass is 9.86. The smallest absolute Gasteiger partial charge is 0.303 e. The van der Waals surface area contributed by atoms with Gasteiger partial charge in [0.15, 0.2) is 0 Å². The Morgan fingerprint density at radius 2 is 1.92 bits per heavy atom. The molecule has 1 atom stereocenters. The molecule has 1 aliphatic rings. The van der Waals surface area contributed by atoms with Crippen molar-refractivity contribution in [2.75, 3.05) is 0 Å². The van der Waals surface area contributed by atoms with Crippen LogP contribution < -0.4 is 10.6 Å². The van der Waals surface area contributed by atoms with Crippen LogP contribution in [0.5, 0.6) is 0 Å². The summed E-state index contributed by atoms with van der Waals surface area (Å²) in [7, 11) is 0. The van der Waals surface area contributed by atoms with Crippen molar-refractivity contribution in [2.45, 2.75) is 50.6 Å².